The lowest BCUT2D eigenvalue weighted by Crippen LogP contribution is -2.17. The third-order valence-electron chi connectivity index (χ3n) is 3.21. The van der Waals surface area contributed by atoms with Crippen LogP contribution in [0.25, 0.3) is 0 Å². The molecule has 0 spiro atoms. The Morgan fingerprint density at radius 1 is 1.29 bits per heavy atom. The highest BCUT2D eigenvalue weighted by Gasteiger charge is 2.05. The third-order valence-corrected chi connectivity index (χ3v) is 3.21. The van der Waals surface area contributed by atoms with E-state index in [1.54, 1.807) is 0 Å². The second-order valence-electron chi connectivity index (χ2n) is 4.98. The monoisotopic (exact) mass is 280 g/mol. The van der Waals surface area contributed by atoms with Crippen molar-refractivity contribution in [2.45, 2.75) is 19.9 Å². The first-order valence-electron chi connectivity index (χ1n) is 7.13. The Labute approximate surface area is 126 Å². The van der Waals surface area contributed by atoms with Crippen LogP contribution in [0.15, 0.2) is 42.6 Å². The lowest BCUT2D eigenvalue weighted by Gasteiger charge is -2.19. The number of aromatic nitrogens is 1. The van der Waals surface area contributed by atoms with Crippen molar-refractivity contribution in [1.82, 2.24) is 4.98 Å². The second kappa shape index (κ2) is 7.30. The van der Waals surface area contributed by atoms with Gasteiger partial charge < -0.3 is 10.2 Å². The largest absolute Gasteiger partial charge is 0.385 e. The molecular weight excluding hydrogens is 260 g/mol. The van der Waals surface area contributed by atoms with Crippen LogP contribution in [0, 0.1) is 11.3 Å². The van der Waals surface area contributed by atoms with E-state index in [1.807, 2.05) is 43.6 Å². The summed E-state index contributed by atoms with van der Waals surface area (Å²) in [6, 6.07) is 13.8. The maximum absolute atomic E-state index is 8.96. The predicted octanol–water partition coefficient (Wildman–Crippen LogP) is 3.41. The minimum atomic E-state index is 0.672. The fraction of sp³-hybridized carbons (Fsp3) is 0.294. The number of anilines is 2. The number of nitriles is 1. The average molecular weight is 280 g/mol. The van der Waals surface area contributed by atoms with Gasteiger partial charge in [0.25, 0.3) is 0 Å². The van der Waals surface area contributed by atoms with Gasteiger partial charge in [-0.2, -0.15) is 5.26 Å². The number of rotatable bonds is 6. The summed E-state index contributed by atoms with van der Waals surface area (Å²) in [5.41, 5.74) is 3.79. The minimum Gasteiger partial charge on any atom is -0.385 e. The predicted molar refractivity (Wildman–Crippen MR) is 86.3 cm³/mol. The standard InChI is InChI=1S/C17H20N4/c1-3-8-19-15-7-9-20-16(11-15)13-21(2)17-6-4-5-14(10-17)12-18/h4-7,9-11H,3,8,13H2,1-2H3,(H,19,20). The van der Waals surface area contributed by atoms with E-state index in [-0.39, 0.29) is 0 Å². The molecule has 4 heteroatoms. The van der Waals surface area contributed by atoms with Crippen LogP contribution in [0.1, 0.15) is 24.6 Å². The first kappa shape index (κ1) is 14.9. The van der Waals surface area contributed by atoms with Gasteiger partial charge in [0, 0.05) is 31.2 Å². The van der Waals surface area contributed by atoms with Gasteiger partial charge in [0.2, 0.25) is 0 Å². The topological polar surface area (TPSA) is 52.0 Å². The molecule has 4 nitrogen and oxygen atoms in total. The van der Waals surface area contributed by atoms with Crippen molar-refractivity contribution in [2.24, 2.45) is 0 Å². The number of hydrogen-bond donors (Lipinski definition) is 1. The van der Waals surface area contributed by atoms with Gasteiger partial charge in [-0.3, -0.25) is 4.98 Å². The van der Waals surface area contributed by atoms with Gasteiger partial charge in [-0.05, 0) is 36.8 Å². The van der Waals surface area contributed by atoms with Crippen molar-refractivity contribution in [1.29, 1.82) is 5.26 Å². The molecule has 0 aliphatic carbocycles. The normalized spacial score (nSPS) is 9.95. The lowest BCUT2D eigenvalue weighted by atomic mass is 10.2. The molecule has 0 aliphatic rings. The molecule has 0 radical (unpaired) electrons. The maximum Gasteiger partial charge on any atom is 0.0992 e. The van der Waals surface area contributed by atoms with E-state index in [9.17, 15) is 0 Å². The smallest absolute Gasteiger partial charge is 0.0992 e. The van der Waals surface area contributed by atoms with Gasteiger partial charge in [-0.25, -0.2) is 0 Å². The Kier molecular flexibility index (Phi) is 5.16. The summed E-state index contributed by atoms with van der Waals surface area (Å²) in [5, 5.41) is 12.3. The zero-order valence-electron chi connectivity index (χ0n) is 12.5. The molecule has 2 rings (SSSR count). The van der Waals surface area contributed by atoms with Crippen LogP contribution in [0.2, 0.25) is 0 Å². The van der Waals surface area contributed by atoms with Crippen LogP contribution in [-0.4, -0.2) is 18.6 Å². The number of pyridine rings is 1. The summed E-state index contributed by atoms with van der Waals surface area (Å²) < 4.78 is 0. The summed E-state index contributed by atoms with van der Waals surface area (Å²) in [7, 11) is 2.00. The minimum absolute atomic E-state index is 0.672. The Morgan fingerprint density at radius 3 is 2.90 bits per heavy atom. The molecule has 1 aromatic heterocycles. The Balaban J connectivity index is 2.08. The Hall–Kier alpha value is -2.54. The second-order valence-corrected chi connectivity index (χ2v) is 4.98. The SMILES string of the molecule is CCCNc1ccnc(CN(C)c2cccc(C#N)c2)c1. The van der Waals surface area contributed by atoms with Crippen molar-refractivity contribution in [2.75, 3.05) is 23.8 Å². The maximum atomic E-state index is 8.96. The van der Waals surface area contributed by atoms with Crippen molar-refractivity contribution >= 4 is 11.4 Å². The van der Waals surface area contributed by atoms with Crippen LogP contribution in [0.3, 0.4) is 0 Å². The fourth-order valence-electron chi connectivity index (χ4n) is 2.09. The molecule has 21 heavy (non-hydrogen) atoms. The molecular formula is C17H20N4. The number of nitrogens with one attached hydrogen (secondary N) is 1. The van der Waals surface area contributed by atoms with Gasteiger partial charge in [0.1, 0.15) is 0 Å². The number of hydrogen-bond acceptors (Lipinski definition) is 4. The van der Waals surface area contributed by atoms with Crippen LogP contribution in [0.4, 0.5) is 11.4 Å². The number of benzene rings is 1. The van der Waals surface area contributed by atoms with E-state index in [0.717, 1.165) is 30.0 Å². The molecule has 108 valence electrons. The highest BCUT2D eigenvalue weighted by atomic mass is 15.1. The molecule has 0 amide bonds. The summed E-state index contributed by atoms with van der Waals surface area (Å²) in [5.74, 6) is 0. The molecule has 2 aromatic rings. The molecule has 0 unspecified atom stereocenters. The molecule has 0 aliphatic heterocycles. The fourth-order valence-corrected chi connectivity index (χ4v) is 2.09. The zero-order chi connectivity index (χ0) is 15.1. The first-order valence-corrected chi connectivity index (χ1v) is 7.13. The molecule has 0 bridgehead atoms. The van der Waals surface area contributed by atoms with E-state index in [1.165, 1.54) is 0 Å². The summed E-state index contributed by atoms with van der Waals surface area (Å²) in [6.45, 7) is 3.81. The van der Waals surface area contributed by atoms with Crippen LogP contribution in [0.5, 0.6) is 0 Å². The van der Waals surface area contributed by atoms with Gasteiger partial charge in [0.05, 0.1) is 23.9 Å². The van der Waals surface area contributed by atoms with Gasteiger partial charge in [0.15, 0.2) is 0 Å². The van der Waals surface area contributed by atoms with Crippen molar-refractivity contribution in [3.05, 3.63) is 53.9 Å². The molecule has 1 N–H and O–H groups in total. The Morgan fingerprint density at radius 2 is 2.14 bits per heavy atom. The summed E-state index contributed by atoms with van der Waals surface area (Å²) in [4.78, 5) is 6.50. The van der Waals surface area contributed by atoms with Crippen LogP contribution < -0.4 is 10.2 Å². The number of nitrogens with zero attached hydrogens (tertiary/aromatic N) is 3. The highest BCUT2D eigenvalue weighted by molar-refractivity contribution is 5.51. The van der Waals surface area contributed by atoms with E-state index in [4.69, 9.17) is 5.26 Å². The third kappa shape index (κ3) is 4.22. The van der Waals surface area contributed by atoms with E-state index < -0.39 is 0 Å². The van der Waals surface area contributed by atoms with Crippen molar-refractivity contribution in [3.8, 4) is 6.07 Å². The van der Waals surface area contributed by atoms with Crippen LogP contribution in [-0.2, 0) is 6.54 Å². The molecule has 0 saturated carbocycles. The average Bonchev–Trinajstić information content (AvgIpc) is 2.53. The van der Waals surface area contributed by atoms with E-state index in [0.29, 0.717) is 12.1 Å². The first-order chi connectivity index (χ1) is 10.2. The van der Waals surface area contributed by atoms with Gasteiger partial charge >= 0.3 is 0 Å². The zero-order valence-corrected chi connectivity index (χ0v) is 12.5. The lowest BCUT2D eigenvalue weighted by molar-refractivity contribution is 0.883. The van der Waals surface area contributed by atoms with Gasteiger partial charge in [-0.15, -0.1) is 0 Å². The van der Waals surface area contributed by atoms with Crippen molar-refractivity contribution in [3.63, 3.8) is 0 Å². The Bertz CT molecular complexity index is 631. The molecule has 1 heterocycles. The molecule has 0 atom stereocenters. The van der Waals surface area contributed by atoms with E-state index >= 15 is 0 Å². The summed E-state index contributed by atoms with van der Waals surface area (Å²) >= 11 is 0. The quantitative estimate of drug-likeness (QED) is 0.881. The highest BCUT2D eigenvalue weighted by Crippen LogP contribution is 2.17. The summed E-state index contributed by atoms with van der Waals surface area (Å²) in [6.07, 6.45) is 2.92. The van der Waals surface area contributed by atoms with Crippen molar-refractivity contribution < 1.29 is 0 Å². The molecule has 1 aromatic carbocycles. The molecule has 0 fully saturated rings. The van der Waals surface area contributed by atoms with Gasteiger partial charge in [-0.1, -0.05) is 13.0 Å². The van der Waals surface area contributed by atoms with E-state index in [2.05, 4.69) is 34.3 Å². The molecule has 0 saturated heterocycles. The van der Waals surface area contributed by atoms with Crippen LogP contribution >= 0.6 is 0 Å².